The van der Waals surface area contributed by atoms with Gasteiger partial charge in [-0.3, -0.25) is 14.5 Å². The number of aryl methyl sites for hydroxylation is 1. The van der Waals surface area contributed by atoms with Gasteiger partial charge in [0.05, 0.1) is 7.11 Å². The van der Waals surface area contributed by atoms with E-state index in [9.17, 15) is 9.59 Å². The lowest BCUT2D eigenvalue weighted by Gasteiger charge is -2.24. The summed E-state index contributed by atoms with van der Waals surface area (Å²) in [6, 6.07) is 18.7. The molecule has 2 aromatic carbocycles. The predicted octanol–water partition coefficient (Wildman–Crippen LogP) is 7.13. The second kappa shape index (κ2) is 12.5. The minimum atomic E-state index is -0.504. The first-order chi connectivity index (χ1) is 20.7. The van der Waals surface area contributed by atoms with Crippen molar-refractivity contribution in [2.24, 2.45) is 0 Å². The topological polar surface area (TPSA) is 114 Å². The van der Waals surface area contributed by atoms with Crippen molar-refractivity contribution in [3.63, 3.8) is 0 Å². The van der Waals surface area contributed by atoms with E-state index in [0.717, 1.165) is 40.6 Å². The van der Waals surface area contributed by atoms with Crippen molar-refractivity contribution in [1.29, 1.82) is 0 Å². The summed E-state index contributed by atoms with van der Waals surface area (Å²) in [5.41, 5.74) is 5.20. The highest BCUT2D eigenvalue weighted by Crippen LogP contribution is 2.35. The maximum atomic E-state index is 14.1. The lowest BCUT2D eigenvalue weighted by atomic mass is 9.85. The summed E-state index contributed by atoms with van der Waals surface area (Å²) >= 11 is 0. The van der Waals surface area contributed by atoms with Gasteiger partial charge in [0.1, 0.15) is 17.1 Å². The van der Waals surface area contributed by atoms with Gasteiger partial charge in [0, 0.05) is 47.7 Å². The lowest BCUT2D eigenvalue weighted by molar-refractivity contribution is 0.262. The summed E-state index contributed by atoms with van der Waals surface area (Å²) in [4.78, 5) is 32.5. The minimum Gasteiger partial charge on any atom is -0.497 e. The molecule has 0 saturated heterocycles. The molecule has 5 aromatic rings. The Morgan fingerprint density at radius 3 is 2.58 bits per heavy atom. The fraction of sp³-hybridized carbons (Fsp3) is 0.294. The Labute approximate surface area is 251 Å². The second-order valence-corrected chi connectivity index (χ2v) is 11.6. The van der Waals surface area contributed by atoms with Crippen LogP contribution in [-0.2, 0) is 18.4 Å². The Kier molecular flexibility index (Phi) is 8.61. The molecule has 2 amide bonds. The monoisotopic (exact) mass is 578 g/mol. The first-order valence-corrected chi connectivity index (χ1v) is 14.5. The molecule has 9 nitrogen and oxygen atoms in total. The van der Waals surface area contributed by atoms with Crippen LogP contribution in [0.25, 0.3) is 22.2 Å². The Bertz CT molecular complexity index is 1800. The number of unbranched alkanes of at least 4 members (excludes halogenated alkanes) is 1. The number of hydrogen-bond donors (Lipinski definition) is 3. The van der Waals surface area contributed by atoms with Gasteiger partial charge >= 0.3 is 6.03 Å². The van der Waals surface area contributed by atoms with E-state index in [4.69, 9.17) is 4.74 Å². The van der Waals surface area contributed by atoms with E-state index in [1.165, 1.54) is 0 Å². The van der Waals surface area contributed by atoms with Gasteiger partial charge in [-0.1, -0.05) is 58.4 Å². The largest absolute Gasteiger partial charge is 0.497 e. The molecule has 0 radical (unpaired) electrons. The van der Waals surface area contributed by atoms with E-state index >= 15 is 0 Å². The Hall–Kier alpha value is -4.92. The Morgan fingerprint density at radius 1 is 1.02 bits per heavy atom. The van der Waals surface area contributed by atoms with Gasteiger partial charge in [-0.15, -0.1) is 0 Å². The van der Waals surface area contributed by atoms with E-state index in [0.29, 0.717) is 35.6 Å². The number of methoxy groups -OCH3 is 1. The molecule has 0 aliphatic rings. The van der Waals surface area contributed by atoms with Crippen LogP contribution in [0.4, 0.5) is 16.2 Å². The number of urea groups is 1. The van der Waals surface area contributed by atoms with Crippen molar-refractivity contribution in [1.82, 2.24) is 19.7 Å². The van der Waals surface area contributed by atoms with E-state index < -0.39 is 6.03 Å². The Balaban J connectivity index is 1.60. The van der Waals surface area contributed by atoms with Crippen LogP contribution in [0.1, 0.15) is 57.4 Å². The standard InChI is InChI=1S/C34H38N6O3/c1-6-7-18-40-31-26(12-9-16-35-31)29(23-10-8-11-25(21-23)43-5)30(32(40)41)38-33(42)37-28-20-22(19-24-15-17-36-39-24)13-14-27(28)34(2,3)4/h8-17,20-21H,6-7,18-19H2,1-5H3,(H,36,39)(H2,37,38,42). The SMILES string of the molecule is CCCCn1c(=O)c(NC(=O)Nc2cc(Cc3ccn[nH]3)ccc2C(C)(C)C)c(-c2cccc(OC)c2)c2cccnc21. The van der Waals surface area contributed by atoms with Crippen LogP contribution in [0.15, 0.2) is 77.9 Å². The highest BCUT2D eigenvalue weighted by atomic mass is 16.5. The molecule has 0 aliphatic carbocycles. The maximum absolute atomic E-state index is 14.1. The molecule has 9 heteroatoms. The Morgan fingerprint density at radius 2 is 1.86 bits per heavy atom. The van der Waals surface area contributed by atoms with E-state index in [-0.39, 0.29) is 16.7 Å². The summed E-state index contributed by atoms with van der Waals surface area (Å²) in [6.45, 7) is 8.86. The second-order valence-electron chi connectivity index (χ2n) is 11.6. The van der Waals surface area contributed by atoms with Crippen molar-refractivity contribution in [2.45, 2.75) is 58.9 Å². The van der Waals surface area contributed by atoms with Crippen molar-refractivity contribution in [2.75, 3.05) is 17.7 Å². The number of amides is 2. The van der Waals surface area contributed by atoms with Crippen molar-refractivity contribution in [3.8, 4) is 16.9 Å². The molecule has 0 unspecified atom stereocenters. The van der Waals surface area contributed by atoms with Gasteiger partial charge in [0.15, 0.2) is 0 Å². The normalized spacial score (nSPS) is 11.5. The predicted molar refractivity (Wildman–Crippen MR) is 172 cm³/mol. The number of ether oxygens (including phenoxy) is 1. The molecule has 3 heterocycles. The molecule has 5 rings (SSSR count). The van der Waals surface area contributed by atoms with Crippen LogP contribution in [0, 0.1) is 0 Å². The number of H-pyrrole nitrogens is 1. The number of aromatic amines is 1. The molecule has 0 atom stereocenters. The third kappa shape index (κ3) is 6.45. The summed E-state index contributed by atoms with van der Waals surface area (Å²) in [7, 11) is 1.60. The average Bonchev–Trinajstić information content (AvgIpc) is 3.50. The number of nitrogens with zero attached hydrogens (tertiary/aromatic N) is 3. The van der Waals surface area contributed by atoms with Crippen molar-refractivity contribution in [3.05, 3.63) is 100 Å². The molecule has 0 fully saturated rings. The molecule has 3 N–H and O–H groups in total. The molecule has 0 aliphatic heterocycles. The maximum Gasteiger partial charge on any atom is 0.323 e. The number of hydrogen-bond acceptors (Lipinski definition) is 5. The first kappa shape index (κ1) is 29.6. The zero-order valence-electron chi connectivity index (χ0n) is 25.3. The number of carbonyl (C=O) groups is 1. The zero-order valence-corrected chi connectivity index (χ0v) is 25.3. The van der Waals surface area contributed by atoms with Crippen LogP contribution in [0.3, 0.4) is 0 Å². The van der Waals surface area contributed by atoms with E-state index in [1.807, 2.05) is 54.6 Å². The fourth-order valence-corrected chi connectivity index (χ4v) is 5.33. The van der Waals surface area contributed by atoms with E-state index in [2.05, 4.69) is 59.6 Å². The molecule has 0 saturated carbocycles. The highest BCUT2D eigenvalue weighted by molar-refractivity contribution is 6.07. The third-order valence-corrected chi connectivity index (χ3v) is 7.45. The molecular weight excluding hydrogens is 540 g/mol. The lowest BCUT2D eigenvalue weighted by Crippen LogP contribution is -2.30. The summed E-state index contributed by atoms with van der Waals surface area (Å²) in [6.07, 6.45) is 5.75. The molecule has 222 valence electrons. The van der Waals surface area contributed by atoms with Crippen LogP contribution in [0.5, 0.6) is 5.75 Å². The number of benzene rings is 2. The zero-order chi connectivity index (χ0) is 30.6. The van der Waals surface area contributed by atoms with Crippen LogP contribution in [-0.4, -0.2) is 32.9 Å². The number of anilines is 2. The summed E-state index contributed by atoms with van der Waals surface area (Å²) < 4.78 is 7.14. The molecular formula is C34H38N6O3. The van der Waals surface area contributed by atoms with Crippen molar-refractivity contribution >= 4 is 28.4 Å². The quantitative estimate of drug-likeness (QED) is 0.172. The number of aromatic nitrogens is 4. The van der Waals surface area contributed by atoms with Gasteiger partial charge < -0.3 is 15.4 Å². The summed E-state index contributed by atoms with van der Waals surface area (Å²) in [5.74, 6) is 0.643. The molecule has 43 heavy (non-hydrogen) atoms. The summed E-state index contributed by atoms with van der Waals surface area (Å²) in [5, 5.41) is 13.8. The minimum absolute atomic E-state index is 0.188. The van der Waals surface area contributed by atoms with E-state index in [1.54, 1.807) is 24.1 Å². The van der Waals surface area contributed by atoms with Gasteiger partial charge in [-0.25, -0.2) is 9.78 Å². The van der Waals surface area contributed by atoms with Crippen LogP contribution in [0.2, 0.25) is 0 Å². The molecule has 0 spiro atoms. The number of rotatable bonds is 9. The van der Waals surface area contributed by atoms with Gasteiger partial charge in [-0.2, -0.15) is 5.10 Å². The van der Waals surface area contributed by atoms with Crippen LogP contribution >= 0.6 is 0 Å². The van der Waals surface area contributed by atoms with Crippen LogP contribution < -0.4 is 20.9 Å². The third-order valence-electron chi connectivity index (χ3n) is 7.45. The number of nitrogens with one attached hydrogen (secondary N) is 3. The fourth-order valence-electron chi connectivity index (χ4n) is 5.33. The average molecular weight is 579 g/mol. The number of pyridine rings is 2. The highest BCUT2D eigenvalue weighted by Gasteiger charge is 2.23. The number of carbonyl (C=O) groups excluding carboxylic acids is 1. The van der Waals surface area contributed by atoms with Gasteiger partial charge in [0.2, 0.25) is 0 Å². The van der Waals surface area contributed by atoms with Crippen molar-refractivity contribution < 1.29 is 9.53 Å². The molecule has 3 aromatic heterocycles. The van der Waals surface area contributed by atoms with Gasteiger partial charge in [0.25, 0.3) is 5.56 Å². The van der Waals surface area contributed by atoms with Gasteiger partial charge in [-0.05, 0) is 64.9 Å². The smallest absolute Gasteiger partial charge is 0.323 e. The molecule has 0 bridgehead atoms. The first-order valence-electron chi connectivity index (χ1n) is 14.5. The number of fused-ring (bicyclic) bond motifs is 1.